The van der Waals surface area contributed by atoms with Crippen LogP contribution in [0.15, 0.2) is 12.4 Å². The van der Waals surface area contributed by atoms with Crippen LogP contribution in [0.5, 0.6) is 0 Å². The van der Waals surface area contributed by atoms with Gasteiger partial charge in [-0.05, 0) is 37.7 Å². The number of aromatic nitrogens is 2. The summed E-state index contributed by atoms with van der Waals surface area (Å²) in [7, 11) is 1.66. The number of amides is 2. The van der Waals surface area contributed by atoms with Gasteiger partial charge in [0.1, 0.15) is 0 Å². The monoisotopic (exact) mass is 362 g/mol. The van der Waals surface area contributed by atoms with Crippen molar-refractivity contribution in [2.75, 3.05) is 39.9 Å². The van der Waals surface area contributed by atoms with E-state index < -0.39 is 0 Å². The lowest BCUT2D eigenvalue weighted by Crippen LogP contribution is -2.55. The number of nitrogens with zero attached hydrogens (tertiary/aromatic N) is 3. The van der Waals surface area contributed by atoms with Crippen LogP contribution in [0.25, 0.3) is 0 Å². The zero-order chi connectivity index (χ0) is 18.4. The zero-order valence-electron chi connectivity index (χ0n) is 15.7. The third-order valence-corrected chi connectivity index (χ3v) is 5.74. The Morgan fingerprint density at radius 2 is 2.27 bits per heavy atom. The van der Waals surface area contributed by atoms with Gasteiger partial charge >= 0.3 is 0 Å². The first kappa shape index (κ1) is 18.9. The largest absolute Gasteiger partial charge is 0.383 e. The maximum atomic E-state index is 12.7. The van der Waals surface area contributed by atoms with Crippen molar-refractivity contribution < 1.29 is 14.3 Å². The molecule has 7 nitrogen and oxygen atoms in total. The molecule has 1 N–H and O–H groups in total. The Morgan fingerprint density at radius 1 is 1.38 bits per heavy atom. The second-order valence-corrected chi connectivity index (χ2v) is 7.69. The van der Waals surface area contributed by atoms with Gasteiger partial charge in [0, 0.05) is 57.7 Å². The molecule has 1 aromatic rings. The zero-order valence-corrected chi connectivity index (χ0v) is 15.7. The van der Waals surface area contributed by atoms with E-state index in [4.69, 9.17) is 4.74 Å². The summed E-state index contributed by atoms with van der Waals surface area (Å²) in [5, 5.41) is 6.75. The van der Waals surface area contributed by atoms with E-state index in [2.05, 4.69) is 10.2 Å². The molecule has 1 aromatic heterocycles. The van der Waals surface area contributed by atoms with E-state index >= 15 is 0 Å². The van der Waals surface area contributed by atoms with Crippen LogP contribution in [0.4, 0.5) is 0 Å². The quantitative estimate of drug-likeness (QED) is 0.799. The number of likely N-dealkylation sites (tertiary alicyclic amines) is 2. The van der Waals surface area contributed by atoms with Crippen LogP contribution in [0.1, 0.15) is 44.1 Å². The summed E-state index contributed by atoms with van der Waals surface area (Å²) in [6.45, 7) is 3.61. The molecule has 0 aromatic carbocycles. The SMILES string of the molecule is COCCN1C[C@@]2(CCCN(C(=O)CCCc3cn[nH]c3)C2)CCC1=O. The summed E-state index contributed by atoms with van der Waals surface area (Å²) < 4.78 is 5.14. The van der Waals surface area contributed by atoms with Crippen LogP contribution in [-0.4, -0.2) is 71.7 Å². The summed E-state index contributed by atoms with van der Waals surface area (Å²) in [4.78, 5) is 28.8. The molecule has 0 radical (unpaired) electrons. The molecule has 1 spiro atoms. The topological polar surface area (TPSA) is 78.5 Å². The fraction of sp³-hybridized carbons (Fsp3) is 0.737. The molecule has 3 heterocycles. The Labute approximate surface area is 155 Å². The molecule has 0 aliphatic carbocycles. The Hall–Kier alpha value is -1.89. The molecular weight excluding hydrogens is 332 g/mol. The molecule has 2 fully saturated rings. The molecule has 144 valence electrons. The van der Waals surface area contributed by atoms with Gasteiger partial charge in [0.15, 0.2) is 0 Å². The van der Waals surface area contributed by atoms with Crippen molar-refractivity contribution in [1.29, 1.82) is 0 Å². The number of hydrogen-bond donors (Lipinski definition) is 1. The molecule has 0 unspecified atom stereocenters. The summed E-state index contributed by atoms with van der Waals surface area (Å²) in [6.07, 6.45) is 9.61. The fourth-order valence-corrected chi connectivity index (χ4v) is 4.28. The van der Waals surface area contributed by atoms with Gasteiger partial charge < -0.3 is 14.5 Å². The Kier molecular flexibility index (Phi) is 6.29. The minimum Gasteiger partial charge on any atom is -0.383 e. The Bertz CT molecular complexity index is 604. The van der Waals surface area contributed by atoms with Crippen molar-refractivity contribution >= 4 is 11.8 Å². The molecule has 7 heteroatoms. The van der Waals surface area contributed by atoms with E-state index in [0.29, 0.717) is 26.0 Å². The second kappa shape index (κ2) is 8.66. The highest BCUT2D eigenvalue weighted by atomic mass is 16.5. The summed E-state index contributed by atoms with van der Waals surface area (Å²) in [6, 6.07) is 0. The van der Waals surface area contributed by atoms with Crippen molar-refractivity contribution in [2.24, 2.45) is 5.41 Å². The van der Waals surface area contributed by atoms with Crippen molar-refractivity contribution in [3.8, 4) is 0 Å². The number of carbonyl (C=O) groups is 2. The molecule has 2 saturated heterocycles. The minimum atomic E-state index is 0.0696. The highest BCUT2D eigenvalue weighted by Gasteiger charge is 2.42. The van der Waals surface area contributed by atoms with Crippen molar-refractivity contribution in [3.63, 3.8) is 0 Å². The van der Waals surface area contributed by atoms with Gasteiger partial charge in [-0.1, -0.05) is 0 Å². The number of hydrogen-bond acceptors (Lipinski definition) is 4. The molecule has 2 amide bonds. The van der Waals surface area contributed by atoms with Crippen LogP contribution in [0.2, 0.25) is 0 Å². The molecule has 2 aliphatic rings. The molecule has 2 aliphatic heterocycles. The van der Waals surface area contributed by atoms with Gasteiger partial charge in [-0.3, -0.25) is 14.7 Å². The van der Waals surface area contributed by atoms with E-state index in [-0.39, 0.29) is 17.2 Å². The molecule has 26 heavy (non-hydrogen) atoms. The number of nitrogens with one attached hydrogen (secondary N) is 1. The van der Waals surface area contributed by atoms with Crippen LogP contribution in [0.3, 0.4) is 0 Å². The van der Waals surface area contributed by atoms with Crippen LogP contribution < -0.4 is 0 Å². The number of methoxy groups -OCH3 is 1. The lowest BCUT2D eigenvalue weighted by atomic mass is 9.73. The number of aryl methyl sites for hydroxylation is 1. The molecule has 1 atom stereocenters. The third kappa shape index (κ3) is 4.63. The number of ether oxygens (including phenoxy) is 1. The van der Waals surface area contributed by atoms with Gasteiger partial charge in [-0.15, -0.1) is 0 Å². The van der Waals surface area contributed by atoms with Crippen LogP contribution >= 0.6 is 0 Å². The fourth-order valence-electron chi connectivity index (χ4n) is 4.28. The number of piperidine rings is 2. The van der Waals surface area contributed by atoms with E-state index in [1.165, 1.54) is 0 Å². The van der Waals surface area contributed by atoms with Gasteiger partial charge in [0.05, 0.1) is 12.8 Å². The number of carbonyl (C=O) groups excluding carboxylic acids is 2. The minimum absolute atomic E-state index is 0.0696. The van der Waals surface area contributed by atoms with Crippen LogP contribution in [-0.2, 0) is 20.7 Å². The van der Waals surface area contributed by atoms with E-state index in [9.17, 15) is 9.59 Å². The second-order valence-electron chi connectivity index (χ2n) is 7.69. The highest BCUT2D eigenvalue weighted by molar-refractivity contribution is 5.78. The van der Waals surface area contributed by atoms with E-state index in [0.717, 1.165) is 57.3 Å². The predicted octanol–water partition coefficient (Wildman–Crippen LogP) is 1.61. The average molecular weight is 362 g/mol. The number of aromatic amines is 1. The normalized spacial score (nSPS) is 23.7. The first-order valence-electron chi connectivity index (χ1n) is 9.64. The molecule has 3 rings (SSSR count). The highest BCUT2D eigenvalue weighted by Crippen LogP contribution is 2.39. The smallest absolute Gasteiger partial charge is 0.222 e. The molecule has 0 bridgehead atoms. The Morgan fingerprint density at radius 3 is 3.04 bits per heavy atom. The number of rotatable bonds is 7. The van der Waals surface area contributed by atoms with E-state index in [1.807, 2.05) is 22.2 Å². The van der Waals surface area contributed by atoms with Gasteiger partial charge in [0.2, 0.25) is 11.8 Å². The standard InChI is InChI=1S/C19H30N4O3/c1-26-11-10-23-15-19(8-6-18(23)25)7-3-9-22(14-19)17(24)5-2-4-16-12-20-21-13-16/h12-13H,2-11,14-15H2,1H3,(H,20,21)/t19-/m0/s1. The number of H-pyrrole nitrogens is 1. The predicted molar refractivity (Wildman–Crippen MR) is 97.5 cm³/mol. The summed E-state index contributed by atoms with van der Waals surface area (Å²) in [5.74, 6) is 0.462. The van der Waals surface area contributed by atoms with Crippen LogP contribution in [0, 0.1) is 5.41 Å². The first-order valence-corrected chi connectivity index (χ1v) is 9.64. The summed E-state index contributed by atoms with van der Waals surface area (Å²) in [5.41, 5.74) is 1.22. The lowest BCUT2D eigenvalue weighted by molar-refractivity contribution is -0.143. The third-order valence-electron chi connectivity index (χ3n) is 5.74. The lowest BCUT2D eigenvalue weighted by Gasteiger charge is -2.48. The van der Waals surface area contributed by atoms with Crippen molar-refractivity contribution in [1.82, 2.24) is 20.0 Å². The molecular formula is C19H30N4O3. The maximum absolute atomic E-state index is 12.7. The van der Waals surface area contributed by atoms with Gasteiger partial charge in [0.25, 0.3) is 0 Å². The van der Waals surface area contributed by atoms with Gasteiger partial charge in [-0.25, -0.2) is 0 Å². The first-order chi connectivity index (χ1) is 12.6. The maximum Gasteiger partial charge on any atom is 0.222 e. The van der Waals surface area contributed by atoms with Gasteiger partial charge in [-0.2, -0.15) is 5.10 Å². The van der Waals surface area contributed by atoms with Crippen molar-refractivity contribution in [3.05, 3.63) is 18.0 Å². The van der Waals surface area contributed by atoms with Crippen molar-refractivity contribution in [2.45, 2.75) is 44.9 Å². The molecule has 0 saturated carbocycles. The Balaban J connectivity index is 1.52. The summed E-state index contributed by atoms with van der Waals surface area (Å²) >= 11 is 0. The average Bonchev–Trinajstić information content (AvgIpc) is 3.16. The van der Waals surface area contributed by atoms with E-state index in [1.54, 1.807) is 7.11 Å².